The van der Waals surface area contributed by atoms with E-state index in [0.717, 1.165) is 50.4 Å². The van der Waals surface area contributed by atoms with E-state index in [4.69, 9.17) is 12.2 Å². The monoisotopic (exact) mass is 484 g/mol. The molecule has 176 valence electrons. The molecule has 9 heteroatoms. The van der Waals surface area contributed by atoms with Crippen molar-refractivity contribution >= 4 is 35.1 Å². The number of benzene rings is 1. The summed E-state index contributed by atoms with van der Waals surface area (Å²) in [6.45, 7) is 10.1. The Morgan fingerprint density at radius 1 is 1.21 bits per heavy atom. The molecule has 2 N–H and O–H groups in total. The van der Waals surface area contributed by atoms with Crippen LogP contribution in [-0.4, -0.2) is 64.8 Å². The highest BCUT2D eigenvalue weighted by atomic mass is 32.1. The third-order valence-electron chi connectivity index (χ3n) is 6.15. The molecule has 0 spiro atoms. The smallest absolute Gasteiger partial charge is 0.242 e. The number of piperazine rings is 1. The predicted molar refractivity (Wildman–Crippen MR) is 138 cm³/mol. The highest BCUT2D eigenvalue weighted by molar-refractivity contribution is 7.71. The minimum Gasteiger partial charge on any atom is -0.369 e. The Balaban J connectivity index is 1.17. The zero-order valence-electron chi connectivity index (χ0n) is 19.3. The maximum absolute atomic E-state index is 12.7. The second-order valence-electron chi connectivity index (χ2n) is 8.54. The van der Waals surface area contributed by atoms with Gasteiger partial charge in [0.05, 0.1) is 4.88 Å². The zero-order valence-corrected chi connectivity index (χ0v) is 20.9. The average molecular weight is 485 g/mol. The molecular weight excluding hydrogens is 452 g/mol. The van der Waals surface area contributed by atoms with Crippen molar-refractivity contribution in [1.82, 2.24) is 25.0 Å². The number of nitrogens with one attached hydrogen (secondary N) is 2. The first-order valence-electron chi connectivity index (χ1n) is 11.6. The maximum Gasteiger partial charge on any atom is 0.242 e. The SMILES string of the molecule is Cc1cccc(N2CCN(CCCCNC(=O)C(C)n3c(-c4cccs4)n[nH]c3=S)CC2)c1. The van der Waals surface area contributed by atoms with Gasteiger partial charge in [0.2, 0.25) is 5.91 Å². The predicted octanol–water partition coefficient (Wildman–Crippen LogP) is 4.26. The number of aryl methyl sites for hydroxylation is 1. The second kappa shape index (κ2) is 11.1. The molecule has 0 aliphatic carbocycles. The lowest BCUT2D eigenvalue weighted by Gasteiger charge is -2.36. The van der Waals surface area contributed by atoms with Crippen LogP contribution < -0.4 is 10.2 Å². The van der Waals surface area contributed by atoms with Gasteiger partial charge in [0.15, 0.2) is 10.6 Å². The summed E-state index contributed by atoms with van der Waals surface area (Å²) in [4.78, 5) is 18.7. The summed E-state index contributed by atoms with van der Waals surface area (Å²) in [6, 6.07) is 12.3. The lowest BCUT2D eigenvalue weighted by atomic mass is 10.2. The summed E-state index contributed by atoms with van der Waals surface area (Å²) in [5.41, 5.74) is 2.63. The number of anilines is 1. The normalized spacial score (nSPS) is 15.5. The van der Waals surface area contributed by atoms with E-state index < -0.39 is 6.04 Å². The van der Waals surface area contributed by atoms with Crippen molar-refractivity contribution < 1.29 is 4.79 Å². The van der Waals surface area contributed by atoms with Crippen molar-refractivity contribution in [2.24, 2.45) is 0 Å². The Bertz CT molecular complexity index is 1100. The molecule has 3 aromatic rings. The number of thiophene rings is 1. The van der Waals surface area contributed by atoms with Gasteiger partial charge in [-0.05, 0) is 74.6 Å². The first-order valence-corrected chi connectivity index (χ1v) is 12.8. The van der Waals surface area contributed by atoms with Crippen molar-refractivity contribution in [3.8, 4) is 10.7 Å². The number of hydrogen-bond acceptors (Lipinski definition) is 6. The van der Waals surface area contributed by atoms with Crippen LogP contribution in [0, 0.1) is 11.7 Å². The quantitative estimate of drug-likeness (QED) is 0.351. The number of nitrogens with zero attached hydrogens (tertiary/aromatic N) is 4. The second-order valence-corrected chi connectivity index (χ2v) is 9.88. The molecule has 1 aliphatic rings. The zero-order chi connectivity index (χ0) is 23.2. The van der Waals surface area contributed by atoms with E-state index in [1.54, 1.807) is 15.9 Å². The highest BCUT2D eigenvalue weighted by Crippen LogP contribution is 2.25. The topological polar surface area (TPSA) is 69.2 Å². The summed E-state index contributed by atoms with van der Waals surface area (Å²) in [7, 11) is 0. The fourth-order valence-corrected chi connectivity index (χ4v) is 5.24. The van der Waals surface area contributed by atoms with Crippen LogP contribution in [0.2, 0.25) is 0 Å². The molecule has 7 nitrogen and oxygen atoms in total. The molecule has 1 aromatic carbocycles. The van der Waals surface area contributed by atoms with Crippen molar-refractivity contribution in [3.63, 3.8) is 0 Å². The Labute approximate surface area is 204 Å². The van der Waals surface area contributed by atoms with E-state index in [2.05, 4.69) is 56.5 Å². The van der Waals surface area contributed by atoms with Gasteiger partial charge in [-0.25, -0.2) is 0 Å². The molecule has 0 saturated carbocycles. The van der Waals surface area contributed by atoms with Gasteiger partial charge in [-0.3, -0.25) is 19.4 Å². The molecule has 0 bridgehead atoms. The molecule has 3 heterocycles. The van der Waals surface area contributed by atoms with Crippen molar-refractivity contribution in [1.29, 1.82) is 0 Å². The Morgan fingerprint density at radius 2 is 2.03 bits per heavy atom. The number of aromatic nitrogens is 3. The van der Waals surface area contributed by atoms with Crippen LogP contribution in [0.1, 0.15) is 31.4 Å². The largest absolute Gasteiger partial charge is 0.369 e. The van der Waals surface area contributed by atoms with Gasteiger partial charge in [0.1, 0.15) is 6.04 Å². The summed E-state index contributed by atoms with van der Waals surface area (Å²) >= 11 is 6.96. The average Bonchev–Trinajstić information content (AvgIpc) is 3.48. The fraction of sp³-hybridized carbons (Fsp3) is 0.458. The molecule has 1 atom stereocenters. The van der Waals surface area contributed by atoms with Gasteiger partial charge in [0.25, 0.3) is 0 Å². The number of hydrogen-bond donors (Lipinski definition) is 2. The highest BCUT2D eigenvalue weighted by Gasteiger charge is 2.21. The van der Waals surface area contributed by atoms with E-state index in [0.29, 0.717) is 17.1 Å². The lowest BCUT2D eigenvalue weighted by molar-refractivity contribution is -0.123. The number of rotatable bonds is 9. The van der Waals surface area contributed by atoms with Crippen LogP contribution >= 0.6 is 23.6 Å². The third kappa shape index (κ3) is 5.90. The number of carbonyl (C=O) groups excluding carboxylic acids is 1. The Morgan fingerprint density at radius 3 is 2.76 bits per heavy atom. The molecule has 4 rings (SSSR count). The van der Waals surface area contributed by atoms with Crippen molar-refractivity contribution in [3.05, 3.63) is 52.1 Å². The molecule has 33 heavy (non-hydrogen) atoms. The first kappa shape index (κ1) is 23.7. The van der Waals surface area contributed by atoms with E-state index in [9.17, 15) is 4.79 Å². The first-order chi connectivity index (χ1) is 16.0. The lowest BCUT2D eigenvalue weighted by Crippen LogP contribution is -2.46. The Hall–Kier alpha value is -2.49. The molecule has 2 aromatic heterocycles. The van der Waals surface area contributed by atoms with Crippen molar-refractivity contribution in [2.75, 3.05) is 44.2 Å². The maximum atomic E-state index is 12.7. The fourth-order valence-electron chi connectivity index (χ4n) is 4.23. The van der Waals surface area contributed by atoms with Crippen LogP contribution in [0.4, 0.5) is 5.69 Å². The number of unbranched alkanes of at least 4 members (excludes halogenated alkanes) is 1. The molecule has 0 radical (unpaired) electrons. The summed E-state index contributed by atoms with van der Waals surface area (Å²) in [5.74, 6) is 0.680. The van der Waals surface area contributed by atoms with Crippen LogP contribution in [-0.2, 0) is 4.79 Å². The number of aromatic amines is 1. The summed E-state index contributed by atoms with van der Waals surface area (Å²) in [5, 5.41) is 12.2. The van der Waals surface area contributed by atoms with Crippen LogP contribution in [0.3, 0.4) is 0 Å². The third-order valence-corrected chi connectivity index (χ3v) is 7.31. The minimum absolute atomic E-state index is 0.0305. The number of H-pyrrole nitrogens is 1. The van der Waals surface area contributed by atoms with E-state index in [1.807, 2.05) is 24.4 Å². The number of amides is 1. The van der Waals surface area contributed by atoms with E-state index >= 15 is 0 Å². The Kier molecular flexibility index (Phi) is 7.95. The van der Waals surface area contributed by atoms with Gasteiger partial charge in [-0.15, -0.1) is 11.3 Å². The van der Waals surface area contributed by atoms with Gasteiger partial charge in [-0.1, -0.05) is 18.2 Å². The molecular formula is C24H32N6OS2. The van der Waals surface area contributed by atoms with Gasteiger partial charge in [0, 0.05) is 38.4 Å². The van der Waals surface area contributed by atoms with Crippen molar-refractivity contribution in [2.45, 2.75) is 32.7 Å². The molecule has 1 unspecified atom stereocenters. The van der Waals surface area contributed by atoms with E-state index in [1.165, 1.54) is 11.3 Å². The van der Waals surface area contributed by atoms with Gasteiger partial charge >= 0.3 is 0 Å². The molecule has 1 fully saturated rings. The summed E-state index contributed by atoms with van der Waals surface area (Å²) in [6.07, 6.45) is 2.04. The molecule has 1 aliphatic heterocycles. The van der Waals surface area contributed by atoms with Gasteiger partial charge < -0.3 is 10.2 Å². The van der Waals surface area contributed by atoms with E-state index in [-0.39, 0.29) is 5.91 Å². The van der Waals surface area contributed by atoms with Crippen LogP contribution in [0.15, 0.2) is 41.8 Å². The standard InChI is InChI=1S/C24H32N6OS2/c1-18-7-5-8-20(17-18)29-14-12-28(13-15-29)11-4-3-10-25-23(31)19(2)30-22(26-27-24(30)32)21-9-6-16-33-21/h5-9,16-17,19H,3-4,10-15H2,1-2H3,(H,25,31)(H,27,32). The minimum atomic E-state index is -0.414. The molecule has 1 amide bonds. The van der Waals surface area contributed by atoms with Crippen LogP contribution in [0.25, 0.3) is 10.7 Å². The van der Waals surface area contributed by atoms with Crippen LogP contribution in [0.5, 0.6) is 0 Å². The summed E-state index contributed by atoms with van der Waals surface area (Å²) < 4.78 is 2.26. The number of carbonyl (C=O) groups is 1. The molecule has 1 saturated heterocycles. The van der Waals surface area contributed by atoms with Gasteiger partial charge in [-0.2, -0.15) is 5.10 Å².